The van der Waals surface area contributed by atoms with Gasteiger partial charge in [-0.05, 0) is 31.0 Å². The molecule has 8 heteroatoms. The van der Waals surface area contributed by atoms with Gasteiger partial charge >= 0.3 is 0 Å². The van der Waals surface area contributed by atoms with Crippen molar-refractivity contribution in [3.63, 3.8) is 0 Å². The van der Waals surface area contributed by atoms with Crippen LogP contribution in [-0.4, -0.2) is 50.8 Å². The molecule has 0 bridgehead atoms. The van der Waals surface area contributed by atoms with Crippen molar-refractivity contribution in [2.45, 2.75) is 24.2 Å². The normalized spacial score (nSPS) is 16.7. The van der Waals surface area contributed by atoms with Crippen LogP contribution < -0.4 is 5.43 Å². The van der Waals surface area contributed by atoms with E-state index < -0.39 is 10.0 Å². The van der Waals surface area contributed by atoms with Crippen LogP contribution in [0.2, 0.25) is 5.02 Å². The molecule has 0 saturated carbocycles. The number of nitrogens with zero attached hydrogens (tertiary/aromatic N) is 2. The van der Waals surface area contributed by atoms with E-state index in [2.05, 4.69) is 5.43 Å². The number of nitrogens with one attached hydrogen (secondary N) is 1. The molecule has 0 atom stereocenters. The standard InChI is InChI=1S/C14H20ClN3O3S/c1-17(2)16-14(19)11-6-7-12(15)13(10-11)22(20,21)18-8-4-3-5-9-18/h6-7,10H,3-5,8-9H2,1-2H3,(H,16,19). The summed E-state index contributed by atoms with van der Waals surface area (Å²) in [4.78, 5) is 12.0. The number of sulfonamides is 1. The van der Waals surface area contributed by atoms with Crippen LogP contribution in [0, 0.1) is 0 Å². The van der Waals surface area contributed by atoms with E-state index in [4.69, 9.17) is 11.6 Å². The lowest BCUT2D eigenvalue weighted by Crippen LogP contribution is -2.37. The zero-order valence-electron chi connectivity index (χ0n) is 12.7. The third-order valence-corrected chi connectivity index (χ3v) is 5.83. The van der Waals surface area contributed by atoms with Crippen LogP contribution in [0.15, 0.2) is 23.1 Å². The Morgan fingerprint density at radius 2 is 1.86 bits per heavy atom. The maximum Gasteiger partial charge on any atom is 0.265 e. The molecule has 1 aromatic carbocycles. The second-order valence-electron chi connectivity index (χ2n) is 5.45. The second-order valence-corrected chi connectivity index (χ2v) is 7.76. The summed E-state index contributed by atoms with van der Waals surface area (Å²) in [5.41, 5.74) is 2.84. The van der Waals surface area contributed by atoms with E-state index in [0.717, 1.165) is 19.3 Å². The largest absolute Gasteiger partial charge is 0.285 e. The average Bonchev–Trinajstić information content (AvgIpc) is 2.47. The molecule has 1 aliphatic heterocycles. The maximum atomic E-state index is 12.7. The van der Waals surface area contributed by atoms with Gasteiger partial charge in [0.05, 0.1) is 5.02 Å². The third kappa shape index (κ3) is 3.78. The first kappa shape index (κ1) is 17.2. The first-order valence-electron chi connectivity index (χ1n) is 7.10. The van der Waals surface area contributed by atoms with E-state index in [1.807, 2.05) is 0 Å². The molecule has 1 amide bonds. The Morgan fingerprint density at radius 1 is 1.23 bits per heavy atom. The molecular formula is C14H20ClN3O3S. The van der Waals surface area contributed by atoms with Crippen LogP contribution in [0.1, 0.15) is 29.6 Å². The zero-order chi connectivity index (χ0) is 16.3. The summed E-state index contributed by atoms with van der Waals surface area (Å²) in [6.07, 6.45) is 2.72. The Bertz CT molecular complexity index is 655. The number of amides is 1. The van der Waals surface area contributed by atoms with Crippen molar-refractivity contribution in [3.8, 4) is 0 Å². The van der Waals surface area contributed by atoms with E-state index in [1.165, 1.54) is 27.5 Å². The van der Waals surface area contributed by atoms with Crippen molar-refractivity contribution in [2.24, 2.45) is 0 Å². The summed E-state index contributed by atoms with van der Waals surface area (Å²) >= 11 is 6.06. The van der Waals surface area contributed by atoms with Crippen LogP contribution in [-0.2, 0) is 10.0 Å². The zero-order valence-corrected chi connectivity index (χ0v) is 14.2. The first-order valence-corrected chi connectivity index (χ1v) is 8.92. The summed E-state index contributed by atoms with van der Waals surface area (Å²) in [5.74, 6) is -0.378. The van der Waals surface area contributed by atoms with Gasteiger partial charge in [0.2, 0.25) is 10.0 Å². The smallest absolute Gasteiger partial charge is 0.265 e. The van der Waals surface area contributed by atoms with Gasteiger partial charge in [0.15, 0.2) is 0 Å². The summed E-state index contributed by atoms with van der Waals surface area (Å²) in [5, 5.41) is 1.63. The van der Waals surface area contributed by atoms with Gasteiger partial charge in [-0.15, -0.1) is 0 Å². The van der Waals surface area contributed by atoms with Gasteiger partial charge in [0.25, 0.3) is 5.91 Å². The lowest BCUT2D eigenvalue weighted by molar-refractivity contribution is 0.0856. The predicted octanol–water partition coefficient (Wildman–Crippen LogP) is 1.72. The lowest BCUT2D eigenvalue weighted by atomic mass is 10.2. The quantitative estimate of drug-likeness (QED) is 0.844. The van der Waals surface area contributed by atoms with Gasteiger partial charge in [-0.1, -0.05) is 18.0 Å². The topological polar surface area (TPSA) is 69.7 Å². The molecule has 0 aromatic heterocycles. The first-order chi connectivity index (χ1) is 10.3. The van der Waals surface area contributed by atoms with E-state index in [-0.39, 0.29) is 21.4 Å². The highest BCUT2D eigenvalue weighted by Crippen LogP contribution is 2.27. The van der Waals surface area contributed by atoms with Gasteiger partial charge in [-0.25, -0.2) is 13.4 Å². The van der Waals surface area contributed by atoms with E-state index in [1.54, 1.807) is 14.1 Å². The minimum absolute atomic E-state index is 0.0116. The fourth-order valence-electron chi connectivity index (χ4n) is 2.35. The van der Waals surface area contributed by atoms with Gasteiger partial charge in [0.1, 0.15) is 4.90 Å². The molecular weight excluding hydrogens is 326 g/mol. The molecule has 6 nitrogen and oxygen atoms in total. The van der Waals surface area contributed by atoms with Gasteiger partial charge in [0, 0.05) is 32.7 Å². The molecule has 0 radical (unpaired) electrons. The number of rotatable bonds is 4. The van der Waals surface area contributed by atoms with Crippen LogP contribution in [0.3, 0.4) is 0 Å². The fourth-order valence-corrected chi connectivity index (χ4v) is 4.37. The molecule has 1 N–H and O–H groups in total. The molecule has 0 unspecified atom stereocenters. The highest BCUT2D eigenvalue weighted by Gasteiger charge is 2.28. The molecule has 1 fully saturated rings. The summed E-state index contributed by atoms with van der Waals surface area (Å²) in [6.45, 7) is 0.986. The maximum absolute atomic E-state index is 12.7. The molecule has 1 aliphatic rings. The van der Waals surface area contributed by atoms with Crippen molar-refractivity contribution in [3.05, 3.63) is 28.8 Å². The van der Waals surface area contributed by atoms with E-state index >= 15 is 0 Å². The van der Waals surface area contributed by atoms with Crippen LogP contribution >= 0.6 is 11.6 Å². The molecule has 122 valence electrons. The number of hydrogen-bond donors (Lipinski definition) is 1. The van der Waals surface area contributed by atoms with Crippen LogP contribution in [0.4, 0.5) is 0 Å². The molecule has 0 spiro atoms. The fraction of sp³-hybridized carbons (Fsp3) is 0.500. The molecule has 1 heterocycles. The van der Waals surface area contributed by atoms with Crippen LogP contribution in [0.5, 0.6) is 0 Å². The highest BCUT2D eigenvalue weighted by molar-refractivity contribution is 7.89. The number of hydrazine groups is 1. The monoisotopic (exact) mass is 345 g/mol. The van der Waals surface area contributed by atoms with E-state index in [0.29, 0.717) is 13.1 Å². The Balaban J connectivity index is 2.35. The Morgan fingerprint density at radius 3 is 2.45 bits per heavy atom. The Kier molecular flexibility index (Phi) is 5.44. The Hall–Kier alpha value is -1.15. The molecule has 0 aliphatic carbocycles. The number of piperidine rings is 1. The highest BCUT2D eigenvalue weighted by atomic mass is 35.5. The molecule has 2 rings (SSSR count). The van der Waals surface area contributed by atoms with Crippen molar-refractivity contribution >= 4 is 27.5 Å². The van der Waals surface area contributed by atoms with Gasteiger partial charge in [-0.2, -0.15) is 4.31 Å². The van der Waals surface area contributed by atoms with Crippen molar-refractivity contribution in [2.75, 3.05) is 27.2 Å². The minimum atomic E-state index is -3.67. The van der Waals surface area contributed by atoms with Gasteiger partial charge < -0.3 is 0 Å². The number of benzene rings is 1. The number of halogens is 1. The van der Waals surface area contributed by atoms with E-state index in [9.17, 15) is 13.2 Å². The third-order valence-electron chi connectivity index (χ3n) is 3.45. The number of hydrogen-bond acceptors (Lipinski definition) is 4. The SMILES string of the molecule is CN(C)NC(=O)c1ccc(Cl)c(S(=O)(=O)N2CCCCC2)c1. The van der Waals surface area contributed by atoms with Crippen molar-refractivity contribution in [1.29, 1.82) is 0 Å². The summed E-state index contributed by atoms with van der Waals surface area (Å²) in [6, 6.07) is 4.30. The molecule has 22 heavy (non-hydrogen) atoms. The minimum Gasteiger partial charge on any atom is -0.285 e. The second kappa shape index (κ2) is 6.95. The predicted molar refractivity (Wildman–Crippen MR) is 85.2 cm³/mol. The average molecular weight is 346 g/mol. The van der Waals surface area contributed by atoms with Crippen LogP contribution in [0.25, 0.3) is 0 Å². The van der Waals surface area contributed by atoms with Gasteiger partial charge in [-0.3, -0.25) is 10.2 Å². The summed E-state index contributed by atoms with van der Waals surface area (Å²) < 4.78 is 26.8. The summed E-state index contributed by atoms with van der Waals surface area (Å²) in [7, 11) is -0.310. The Labute approximate surface area is 136 Å². The van der Waals surface area contributed by atoms with Crippen molar-refractivity contribution in [1.82, 2.24) is 14.7 Å². The molecule has 1 aromatic rings. The molecule has 1 saturated heterocycles. The van der Waals surface area contributed by atoms with Crippen molar-refractivity contribution < 1.29 is 13.2 Å². The number of carbonyl (C=O) groups excluding carboxylic acids is 1. The number of carbonyl (C=O) groups is 1. The lowest BCUT2D eigenvalue weighted by Gasteiger charge is -2.26.